The van der Waals surface area contributed by atoms with Gasteiger partial charge in [0.05, 0.1) is 6.26 Å². The van der Waals surface area contributed by atoms with Gasteiger partial charge in [0.2, 0.25) is 0 Å². The van der Waals surface area contributed by atoms with Crippen molar-refractivity contribution in [3.05, 3.63) is 29.0 Å². The average Bonchev–Trinajstić information content (AvgIpc) is 2.58. The summed E-state index contributed by atoms with van der Waals surface area (Å²) in [6.45, 7) is 1.84. The summed E-state index contributed by atoms with van der Waals surface area (Å²) in [5.74, 6) is 1.47. The Morgan fingerprint density at radius 3 is 2.83 bits per heavy atom. The fourth-order valence-corrected chi connectivity index (χ4v) is 1.43. The van der Waals surface area contributed by atoms with Gasteiger partial charge in [0.15, 0.2) is 5.76 Å². The van der Waals surface area contributed by atoms with Gasteiger partial charge < -0.3 is 8.83 Å². The Morgan fingerprint density at radius 2 is 2.33 bits per heavy atom. The predicted octanol–water partition coefficient (Wildman–Crippen LogP) is 3.01. The zero-order valence-electron chi connectivity index (χ0n) is 6.37. The van der Waals surface area contributed by atoms with Crippen LogP contribution in [0.15, 0.2) is 32.0 Å². The lowest BCUT2D eigenvalue weighted by atomic mass is 10.3. The van der Waals surface area contributed by atoms with Crippen LogP contribution < -0.4 is 0 Å². The van der Waals surface area contributed by atoms with Crippen LogP contribution in [0.3, 0.4) is 0 Å². The molecule has 0 unspecified atom stereocenters. The fraction of sp³-hybridized carbons (Fsp3) is 0.125. The normalized spacial score (nSPS) is 10.5. The SMILES string of the molecule is Cc1oc(Br)nc1-c1ccco1. The molecule has 62 valence electrons. The molecule has 0 saturated heterocycles. The van der Waals surface area contributed by atoms with Crippen LogP contribution in [-0.4, -0.2) is 4.98 Å². The van der Waals surface area contributed by atoms with Crippen LogP contribution in [0.2, 0.25) is 0 Å². The van der Waals surface area contributed by atoms with Crippen LogP contribution in [0, 0.1) is 6.92 Å². The molecule has 0 aliphatic carbocycles. The van der Waals surface area contributed by atoms with Gasteiger partial charge in [0, 0.05) is 15.9 Å². The van der Waals surface area contributed by atoms with Crippen molar-refractivity contribution >= 4 is 15.9 Å². The molecule has 0 radical (unpaired) electrons. The van der Waals surface area contributed by atoms with E-state index in [1.807, 2.05) is 19.1 Å². The maximum absolute atomic E-state index is 5.18. The number of furan rings is 1. The minimum Gasteiger partial charge on any atom is -0.463 e. The Balaban J connectivity index is 2.54. The van der Waals surface area contributed by atoms with E-state index in [2.05, 4.69) is 20.9 Å². The highest BCUT2D eigenvalue weighted by molar-refractivity contribution is 9.10. The van der Waals surface area contributed by atoms with Crippen LogP contribution in [0.4, 0.5) is 0 Å². The molecular weight excluding hydrogens is 222 g/mol. The third-order valence-corrected chi connectivity index (χ3v) is 1.86. The Hall–Kier alpha value is -1.03. The highest BCUT2D eigenvalue weighted by Crippen LogP contribution is 2.25. The Morgan fingerprint density at radius 1 is 1.50 bits per heavy atom. The quantitative estimate of drug-likeness (QED) is 0.752. The van der Waals surface area contributed by atoms with E-state index in [0.717, 1.165) is 17.2 Å². The topological polar surface area (TPSA) is 39.2 Å². The molecule has 0 spiro atoms. The number of nitrogens with zero attached hydrogens (tertiary/aromatic N) is 1. The summed E-state index contributed by atoms with van der Waals surface area (Å²) >= 11 is 3.15. The monoisotopic (exact) mass is 227 g/mol. The first-order valence-corrected chi connectivity index (χ1v) is 4.23. The molecule has 2 aromatic rings. The van der Waals surface area contributed by atoms with Crippen molar-refractivity contribution < 1.29 is 8.83 Å². The standard InChI is InChI=1S/C8H6BrNO2/c1-5-7(10-8(9)12-5)6-3-2-4-11-6/h2-4H,1H3. The minimum absolute atomic E-state index is 0.478. The molecule has 0 N–H and O–H groups in total. The van der Waals surface area contributed by atoms with Crippen molar-refractivity contribution in [3.63, 3.8) is 0 Å². The van der Waals surface area contributed by atoms with Crippen LogP contribution >= 0.6 is 15.9 Å². The number of aryl methyl sites for hydroxylation is 1. The molecule has 0 bridgehead atoms. The van der Waals surface area contributed by atoms with E-state index >= 15 is 0 Å². The van der Waals surface area contributed by atoms with Gasteiger partial charge in [0.1, 0.15) is 11.5 Å². The fourth-order valence-electron chi connectivity index (χ4n) is 1.01. The van der Waals surface area contributed by atoms with Crippen molar-refractivity contribution in [2.75, 3.05) is 0 Å². The van der Waals surface area contributed by atoms with Crippen molar-refractivity contribution in [2.45, 2.75) is 6.92 Å². The first-order chi connectivity index (χ1) is 5.77. The number of halogens is 1. The molecule has 2 heterocycles. The molecule has 2 rings (SSSR count). The van der Waals surface area contributed by atoms with E-state index in [1.54, 1.807) is 6.26 Å². The summed E-state index contributed by atoms with van der Waals surface area (Å²) < 4.78 is 10.4. The van der Waals surface area contributed by atoms with E-state index in [4.69, 9.17) is 8.83 Å². The molecular formula is C8H6BrNO2. The van der Waals surface area contributed by atoms with Gasteiger partial charge >= 0.3 is 0 Å². The second-order valence-corrected chi connectivity index (χ2v) is 3.03. The maximum atomic E-state index is 5.18. The van der Waals surface area contributed by atoms with Crippen molar-refractivity contribution in [2.24, 2.45) is 0 Å². The zero-order chi connectivity index (χ0) is 8.55. The molecule has 0 aromatic carbocycles. The lowest BCUT2D eigenvalue weighted by molar-refractivity contribution is 0.499. The minimum atomic E-state index is 0.478. The summed E-state index contributed by atoms with van der Waals surface area (Å²) in [5.41, 5.74) is 0.742. The van der Waals surface area contributed by atoms with Crippen molar-refractivity contribution in [1.29, 1.82) is 0 Å². The van der Waals surface area contributed by atoms with Gasteiger partial charge in [-0.25, -0.2) is 0 Å². The molecule has 0 aliphatic heterocycles. The van der Waals surface area contributed by atoms with Crippen LogP contribution in [0.1, 0.15) is 5.76 Å². The third kappa shape index (κ3) is 1.18. The lowest BCUT2D eigenvalue weighted by Gasteiger charge is -1.87. The van der Waals surface area contributed by atoms with Crippen LogP contribution in [0.5, 0.6) is 0 Å². The number of aromatic nitrogens is 1. The molecule has 3 nitrogen and oxygen atoms in total. The molecule has 0 saturated carbocycles. The van der Waals surface area contributed by atoms with Crippen molar-refractivity contribution in [1.82, 2.24) is 4.98 Å². The molecule has 2 aromatic heterocycles. The average molecular weight is 228 g/mol. The molecule has 0 aliphatic rings. The number of oxazole rings is 1. The van der Waals surface area contributed by atoms with E-state index in [1.165, 1.54) is 0 Å². The lowest BCUT2D eigenvalue weighted by Crippen LogP contribution is -1.75. The van der Waals surface area contributed by atoms with Gasteiger partial charge in [-0.05, 0) is 19.1 Å². The van der Waals surface area contributed by atoms with E-state index in [0.29, 0.717) is 4.80 Å². The second kappa shape index (κ2) is 2.79. The number of hydrogen-bond donors (Lipinski definition) is 0. The number of rotatable bonds is 1. The van der Waals surface area contributed by atoms with Crippen LogP contribution in [-0.2, 0) is 0 Å². The Labute approximate surface area is 77.5 Å². The summed E-state index contributed by atoms with van der Waals surface area (Å²) in [4.78, 5) is 4.59. The first-order valence-electron chi connectivity index (χ1n) is 3.44. The van der Waals surface area contributed by atoms with Gasteiger partial charge in [0.25, 0.3) is 4.80 Å². The summed E-state index contributed by atoms with van der Waals surface area (Å²) in [7, 11) is 0. The summed E-state index contributed by atoms with van der Waals surface area (Å²) in [5, 5.41) is 0. The van der Waals surface area contributed by atoms with Gasteiger partial charge in [-0.15, -0.1) is 0 Å². The number of hydrogen-bond acceptors (Lipinski definition) is 3. The van der Waals surface area contributed by atoms with Gasteiger partial charge in [-0.2, -0.15) is 4.98 Å². The zero-order valence-corrected chi connectivity index (χ0v) is 7.96. The maximum Gasteiger partial charge on any atom is 0.264 e. The second-order valence-electron chi connectivity index (χ2n) is 2.35. The Kier molecular flexibility index (Phi) is 1.77. The van der Waals surface area contributed by atoms with Crippen molar-refractivity contribution in [3.8, 4) is 11.5 Å². The van der Waals surface area contributed by atoms with E-state index in [9.17, 15) is 0 Å². The summed E-state index contributed by atoms with van der Waals surface area (Å²) in [6.07, 6.45) is 1.61. The van der Waals surface area contributed by atoms with Crippen LogP contribution in [0.25, 0.3) is 11.5 Å². The molecule has 0 amide bonds. The molecule has 12 heavy (non-hydrogen) atoms. The van der Waals surface area contributed by atoms with Gasteiger partial charge in [-0.1, -0.05) is 0 Å². The summed E-state index contributed by atoms with van der Waals surface area (Å²) in [6, 6.07) is 3.66. The smallest absolute Gasteiger partial charge is 0.264 e. The first kappa shape index (κ1) is 7.61. The third-order valence-electron chi connectivity index (χ3n) is 1.53. The predicted molar refractivity (Wildman–Crippen MR) is 46.6 cm³/mol. The van der Waals surface area contributed by atoms with E-state index in [-0.39, 0.29) is 0 Å². The molecule has 0 fully saturated rings. The van der Waals surface area contributed by atoms with E-state index < -0.39 is 0 Å². The van der Waals surface area contributed by atoms with Gasteiger partial charge in [-0.3, -0.25) is 0 Å². The highest BCUT2D eigenvalue weighted by atomic mass is 79.9. The molecule has 4 heteroatoms. The largest absolute Gasteiger partial charge is 0.463 e. The Bertz CT molecular complexity index is 378. The highest BCUT2D eigenvalue weighted by Gasteiger charge is 2.11. The molecule has 0 atom stereocenters.